The first-order chi connectivity index (χ1) is 11.4. The Hall–Kier alpha value is -2.75. The molecule has 126 valence electrons. The summed E-state index contributed by atoms with van der Waals surface area (Å²) >= 11 is 0. The van der Waals surface area contributed by atoms with E-state index >= 15 is 0 Å². The van der Waals surface area contributed by atoms with Crippen LogP contribution in [-0.2, 0) is 16.6 Å². The molecule has 9 nitrogen and oxygen atoms in total. The fourth-order valence-corrected chi connectivity index (χ4v) is 3.24. The normalized spacial score (nSPS) is 11.6. The van der Waals surface area contributed by atoms with Crippen molar-refractivity contribution >= 4 is 16.0 Å². The molecule has 24 heavy (non-hydrogen) atoms. The topological polar surface area (TPSA) is 108 Å². The van der Waals surface area contributed by atoms with E-state index in [1.807, 2.05) is 6.92 Å². The molecule has 0 aromatic carbocycles. The number of aryl methyl sites for hydroxylation is 3. The number of aromatic nitrogens is 6. The summed E-state index contributed by atoms with van der Waals surface area (Å²) in [5.41, 5.74) is 0.651. The Morgan fingerprint density at radius 2 is 1.88 bits per heavy atom. The molecule has 0 amide bonds. The maximum absolute atomic E-state index is 12.6. The molecule has 3 aromatic heterocycles. The molecule has 0 aliphatic carbocycles. The minimum Gasteiger partial charge on any atom is -0.334 e. The largest absolute Gasteiger partial charge is 0.334 e. The number of nitrogens with one attached hydrogen (secondary N) is 1. The molecule has 3 rings (SSSR count). The zero-order valence-corrected chi connectivity index (χ0v) is 14.3. The van der Waals surface area contributed by atoms with Crippen molar-refractivity contribution < 1.29 is 8.42 Å². The molecule has 0 fully saturated rings. The fourth-order valence-electron chi connectivity index (χ4n) is 2.25. The summed E-state index contributed by atoms with van der Waals surface area (Å²) in [5.74, 6) is 1.17. The van der Waals surface area contributed by atoms with E-state index < -0.39 is 10.0 Å². The highest BCUT2D eigenvalue weighted by molar-refractivity contribution is 7.92. The van der Waals surface area contributed by atoms with Gasteiger partial charge >= 0.3 is 0 Å². The van der Waals surface area contributed by atoms with Gasteiger partial charge in [-0.15, -0.1) is 5.10 Å². The first kappa shape index (κ1) is 16.1. The Labute approximate surface area is 139 Å². The lowest BCUT2D eigenvalue weighted by Crippen LogP contribution is -2.17. The van der Waals surface area contributed by atoms with Gasteiger partial charge in [-0.05, 0) is 32.9 Å². The zero-order chi connectivity index (χ0) is 17.3. The number of hydrogen-bond acceptors (Lipinski definition) is 6. The van der Waals surface area contributed by atoms with E-state index in [9.17, 15) is 8.42 Å². The van der Waals surface area contributed by atoms with Crippen molar-refractivity contribution in [2.45, 2.75) is 32.3 Å². The first-order valence-corrected chi connectivity index (χ1v) is 8.79. The van der Waals surface area contributed by atoms with Gasteiger partial charge in [0.15, 0.2) is 5.03 Å². The summed E-state index contributed by atoms with van der Waals surface area (Å²) in [4.78, 5) is 12.2. The van der Waals surface area contributed by atoms with Gasteiger partial charge in [-0.3, -0.25) is 4.98 Å². The highest BCUT2D eigenvalue weighted by Crippen LogP contribution is 2.17. The first-order valence-electron chi connectivity index (χ1n) is 7.31. The number of rotatable bonds is 5. The highest BCUT2D eigenvalue weighted by Gasteiger charge is 2.22. The van der Waals surface area contributed by atoms with Gasteiger partial charge in [-0.2, -0.15) is 18.1 Å². The van der Waals surface area contributed by atoms with Crippen molar-refractivity contribution in [2.75, 3.05) is 4.72 Å². The lowest BCUT2D eigenvalue weighted by Gasteiger charge is -2.07. The Bertz CT molecular complexity index is 960. The van der Waals surface area contributed by atoms with E-state index in [0.717, 1.165) is 0 Å². The van der Waals surface area contributed by atoms with Crippen molar-refractivity contribution in [3.05, 3.63) is 42.4 Å². The minimum absolute atomic E-state index is 0.0521. The molecular formula is C14H17N7O2S. The van der Waals surface area contributed by atoms with E-state index in [1.165, 1.54) is 10.9 Å². The van der Waals surface area contributed by atoms with Crippen LogP contribution >= 0.6 is 0 Å². The molecule has 1 N–H and O–H groups in total. The van der Waals surface area contributed by atoms with Crippen LogP contribution in [0.3, 0.4) is 0 Å². The standard InChI is InChI=1S/C14H17N7O2S/c1-4-20-9-13(17-11(20)3)24(22,23)19-14-16-10(2)18-21(14)12-5-7-15-8-6-12/h5-9H,4H2,1-3H3,(H,16,18,19). The molecular weight excluding hydrogens is 330 g/mol. The molecule has 0 saturated carbocycles. The summed E-state index contributed by atoms with van der Waals surface area (Å²) in [6.45, 7) is 6.00. The number of imidazole rings is 1. The van der Waals surface area contributed by atoms with E-state index in [4.69, 9.17) is 0 Å². The van der Waals surface area contributed by atoms with Crippen LogP contribution in [0.15, 0.2) is 35.7 Å². The summed E-state index contributed by atoms with van der Waals surface area (Å²) in [5, 5.41) is 4.17. The smallest absolute Gasteiger partial charge is 0.283 e. The summed E-state index contributed by atoms with van der Waals surface area (Å²) in [6, 6.07) is 3.42. The predicted octanol–water partition coefficient (Wildman–Crippen LogP) is 1.30. The van der Waals surface area contributed by atoms with Crippen LogP contribution in [-0.4, -0.2) is 37.7 Å². The third kappa shape index (κ3) is 3.00. The van der Waals surface area contributed by atoms with E-state index in [2.05, 4.69) is 24.8 Å². The van der Waals surface area contributed by atoms with Gasteiger partial charge < -0.3 is 4.57 Å². The third-order valence-corrected chi connectivity index (χ3v) is 4.61. The maximum atomic E-state index is 12.6. The summed E-state index contributed by atoms with van der Waals surface area (Å²) in [6.07, 6.45) is 4.69. The van der Waals surface area contributed by atoms with Gasteiger partial charge in [0.1, 0.15) is 11.6 Å². The van der Waals surface area contributed by atoms with Crippen LogP contribution in [0.5, 0.6) is 0 Å². The van der Waals surface area contributed by atoms with Gasteiger partial charge in [0.2, 0.25) is 5.95 Å². The SMILES string of the molecule is CCn1cc(S(=O)(=O)Nc2nc(C)nn2-c2ccncc2)nc1C. The Morgan fingerprint density at radius 1 is 1.17 bits per heavy atom. The maximum Gasteiger partial charge on any atom is 0.283 e. The predicted molar refractivity (Wildman–Crippen MR) is 87.3 cm³/mol. The second kappa shape index (κ2) is 6.04. The van der Waals surface area contributed by atoms with Gasteiger partial charge in [0.05, 0.1) is 5.69 Å². The molecule has 0 aliphatic heterocycles. The van der Waals surface area contributed by atoms with Crippen molar-refractivity contribution in [1.29, 1.82) is 0 Å². The van der Waals surface area contributed by atoms with Crippen molar-refractivity contribution in [2.24, 2.45) is 0 Å². The summed E-state index contributed by atoms with van der Waals surface area (Å²) in [7, 11) is -3.86. The molecule has 0 atom stereocenters. The van der Waals surface area contributed by atoms with E-state index in [0.29, 0.717) is 23.9 Å². The van der Waals surface area contributed by atoms with Crippen LogP contribution < -0.4 is 4.72 Å². The van der Waals surface area contributed by atoms with E-state index in [1.54, 1.807) is 42.9 Å². The lowest BCUT2D eigenvalue weighted by atomic mass is 10.4. The molecule has 0 saturated heterocycles. The third-order valence-electron chi connectivity index (χ3n) is 3.42. The van der Waals surface area contributed by atoms with Crippen LogP contribution in [0, 0.1) is 13.8 Å². The number of pyridine rings is 1. The quantitative estimate of drug-likeness (QED) is 0.745. The van der Waals surface area contributed by atoms with Gasteiger partial charge in [-0.1, -0.05) is 0 Å². The second-order valence-corrected chi connectivity index (χ2v) is 6.75. The average molecular weight is 347 g/mol. The number of anilines is 1. The number of sulfonamides is 1. The monoisotopic (exact) mass is 347 g/mol. The number of hydrogen-bond donors (Lipinski definition) is 1. The molecule has 0 spiro atoms. The van der Waals surface area contributed by atoms with E-state index in [-0.39, 0.29) is 11.0 Å². The molecule has 10 heteroatoms. The fraction of sp³-hybridized carbons (Fsp3) is 0.286. The van der Waals surface area contributed by atoms with Crippen LogP contribution in [0.25, 0.3) is 5.69 Å². The average Bonchev–Trinajstić information content (AvgIpc) is 3.11. The molecule has 0 bridgehead atoms. The van der Waals surface area contributed by atoms with Crippen LogP contribution in [0.1, 0.15) is 18.6 Å². The van der Waals surface area contributed by atoms with Crippen LogP contribution in [0.2, 0.25) is 0 Å². The molecule has 0 unspecified atom stereocenters. The van der Waals surface area contributed by atoms with Gasteiger partial charge in [0, 0.05) is 25.1 Å². The lowest BCUT2D eigenvalue weighted by molar-refractivity contribution is 0.597. The molecule has 3 heterocycles. The zero-order valence-electron chi connectivity index (χ0n) is 13.5. The molecule has 0 radical (unpaired) electrons. The minimum atomic E-state index is -3.86. The number of nitrogens with zero attached hydrogens (tertiary/aromatic N) is 6. The Morgan fingerprint density at radius 3 is 2.50 bits per heavy atom. The Balaban J connectivity index is 1.99. The summed E-state index contributed by atoms with van der Waals surface area (Å²) < 4.78 is 30.8. The molecule has 0 aliphatic rings. The van der Waals surface area contributed by atoms with Crippen LogP contribution in [0.4, 0.5) is 5.95 Å². The van der Waals surface area contributed by atoms with Gasteiger partial charge in [-0.25, -0.2) is 9.71 Å². The highest BCUT2D eigenvalue weighted by atomic mass is 32.2. The second-order valence-electron chi connectivity index (χ2n) is 5.12. The van der Waals surface area contributed by atoms with Crippen molar-refractivity contribution in [3.8, 4) is 5.69 Å². The van der Waals surface area contributed by atoms with Crippen molar-refractivity contribution in [1.82, 2.24) is 29.3 Å². The molecule has 3 aromatic rings. The van der Waals surface area contributed by atoms with Gasteiger partial charge in [0.25, 0.3) is 10.0 Å². The van der Waals surface area contributed by atoms with Crippen molar-refractivity contribution in [3.63, 3.8) is 0 Å². The Kier molecular flexibility index (Phi) is 4.06.